The normalized spacial score (nSPS) is 23.4. The molecule has 0 spiro atoms. The van der Waals surface area contributed by atoms with Gasteiger partial charge in [0.1, 0.15) is 12.2 Å². The van der Waals surface area contributed by atoms with Crippen molar-refractivity contribution in [2.45, 2.75) is 49.4 Å². The third-order valence-corrected chi connectivity index (χ3v) is 6.29. The smallest absolute Gasteiger partial charge is 0.368 e. The van der Waals surface area contributed by atoms with Gasteiger partial charge in [0, 0.05) is 12.0 Å². The van der Waals surface area contributed by atoms with Crippen molar-refractivity contribution in [3.63, 3.8) is 0 Å². The molecule has 1 heterocycles. The Balaban J connectivity index is 1.91. The molecule has 0 aromatic heterocycles. The molecule has 0 radical (unpaired) electrons. The van der Waals surface area contributed by atoms with Gasteiger partial charge >= 0.3 is 15.6 Å². The summed E-state index contributed by atoms with van der Waals surface area (Å²) in [5.74, 6) is 0. The number of alkyl halides is 3. The van der Waals surface area contributed by atoms with Crippen LogP contribution in [-0.4, -0.2) is 63.2 Å². The summed E-state index contributed by atoms with van der Waals surface area (Å²) in [6.07, 6.45) is -7.86. The fourth-order valence-electron chi connectivity index (χ4n) is 3.57. The number of halogens is 3. The molecule has 5 atom stereocenters. The highest BCUT2D eigenvalue weighted by Crippen LogP contribution is 2.35. The summed E-state index contributed by atoms with van der Waals surface area (Å²) in [6.45, 7) is -1.08. The van der Waals surface area contributed by atoms with Gasteiger partial charge in [0.25, 0.3) is 0 Å². The first kappa shape index (κ1) is 28.0. The van der Waals surface area contributed by atoms with Gasteiger partial charge in [-0.05, 0) is 11.1 Å². The molecule has 0 bridgehead atoms. The van der Waals surface area contributed by atoms with Crippen LogP contribution in [0.15, 0.2) is 60.7 Å². The zero-order valence-corrected chi connectivity index (χ0v) is 19.8. The molecule has 0 amide bonds. The molecule has 36 heavy (non-hydrogen) atoms. The second-order valence-corrected chi connectivity index (χ2v) is 9.34. The molecule has 1 unspecified atom stereocenters. The van der Waals surface area contributed by atoms with Crippen molar-refractivity contribution in [1.82, 2.24) is 0 Å². The zero-order valence-electron chi connectivity index (χ0n) is 18.9. The fourth-order valence-corrected chi connectivity index (χ4v) is 4.18. The highest BCUT2D eigenvalue weighted by Gasteiger charge is 2.57. The lowest BCUT2D eigenvalue weighted by Gasteiger charge is -2.27. The number of nitrogens with zero attached hydrogens (tertiary/aromatic N) is 1. The van der Waals surface area contributed by atoms with E-state index in [-0.39, 0.29) is 13.2 Å². The van der Waals surface area contributed by atoms with Crippen molar-refractivity contribution in [3.8, 4) is 0 Å². The standard InChI is InChI=1S/C22H24F3NO9S/c1-31-21-20(35-36(29,30)22(23,24)25)19(33-14-16-10-6-3-7-11-16)18(34-21)17(12-26(27)28)32-13-15-8-4-2-5-9-15/h2-11,17-21H,12-14H2,1H3/t17-,18+,19-,20+,21?/m0/s1. The number of methoxy groups -OCH3 is 1. The van der Waals surface area contributed by atoms with Crippen molar-refractivity contribution < 1.29 is 49.6 Å². The summed E-state index contributed by atoms with van der Waals surface area (Å²) < 4.78 is 89.4. The van der Waals surface area contributed by atoms with Gasteiger partial charge in [0.15, 0.2) is 18.5 Å². The predicted octanol–water partition coefficient (Wildman–Crippen LogP) is 3.04. The van der Waals surface area contributed by atoms with Crippen molar-refractivity contribution in [3.05, 3.63) is 81.9 Å². The third kappa shape index (κ3) is 7.21. The summed E-state index contributed by atoms with van der Waals surface area (Å²) >= 11 is 0. The fraction of sp³-hybridized carbons (Fsp3) is 0.455. The second-order valence-electron chi connectivity index (χ2n) is 7.78. The van der Waals surface area contributed by atoms with Crippen LogP contribution in [0.25, 0.3) is 0 Å². The Morgan fingerprint density at radius 2 is 1.56 bits per heavy atom. The van der Waals surface area contributed by atoms with Crippen LogP contribution in [0, 0.1) is 10.1 Å². The quantitative estimate of drug-likeness (QED) is 0.175. The summed E-state index contributed by atoms with van der Waals surface area (Å²) in [7, 11) is -5.02. The lowest BCUT2D eigenvalue weighted by molar-refractivity contribution is -0.495. The Hall–Kier alpha value is -2.62. The molecule has 2 aromatic rings. The second kappa shape index (κ2) is 12.1. The number of benzene rings is 2. The summed E-state index contributed by atoms with van der Waals surface area (Å²) in [5, 5.41) is 11.4. The van der Waals surface area contributed by atoms with Crippen LogP contribution >= 0.6 is 0 Å². The van der Waals surface area contributed by atoms with Gasteiger partial charge in [-0.1, -0.05) is 60.7 Å². The molecule has 2 aromatic carbocycles. The highest BCUT2D eigenvalue weighted by atomic mass is 32.2. The van der Waals surface area contributed by atoms with E-state index in [1.807, 2.05) is 0 Å². The molecule has 10 nitrogen and oxygen atoms in total. The topological polar surface area (TPSA) is 123 Å². The summed E-state index contributed by atoms with van der Waals surface area (Å²) in [4.78, 5) is 10.7. The molecule has 198 valence electrons. The van der Waals surface area contributed by atoms with E-state index >= 15 is 0 Å². The summed E-state index contributed by atoms with van der Waals surface area (Å²) in [5.41, 5.74) is -4.45. The van der Waals surface area contributed by atoms with Crippen LogP contribution in [0.4, 0.5) is 13.2 Å². The van der Waals surface area contributed by atoms with Crippen LogP contribution < -0.4 is 0 Å². The Labute approximate surface area is 205 Å². The van der Waals surface area contributed by atoms with Gasteiger partial charge in [-0.2, -0.15) is 21.6 Å². The molecular formula is C22H24F3NO9S. The summed E-state index contributed by atoms with van der Waals surface area (Å²) in [6, 6.07) is 17.1. The molecule has 1 aliphatic rings. The third-order valence-electron chi connectivity index (χ3n) is 5.25. The van der Waals surface area contributed by atoms with E-state index in [9.17, 15) is 31.7 Å². The van der Waals surface area contributed by atoms with Crippen molar-refractivity contribution >= 4 is 10.1 Å². The van der Waals surface area contributed by atoms with Gasteiger partial charge in [-0.15, -0.1) is 0 Å². The number of hydrogen-bond donors (Lipinski definition) is 0. The Morgan fingerprint density at radius 3 is 2.06 bits per heavy atom. The van der Waals surface area contributed by atoms with Gasteiger partial charge in [-0.3, -0.25) is 14.3 Å². The minimum absolute atomic E-state index is 0.0887. The van der Waals surface area contributed by atoms with E-state index in [1.54, 1.807) is 60.7 Å². The molecule has 0 saturated carbocycles. The largest absolute Gasteiger partial charge is 0.523 e. The average Bonchev–Trinajstić information content (AvgIpc) is 3.17. The minimum atomic E-state index is -6.08. The number of ether oxygens (including phenoxy) is 4. The number of hydrogen-bond acceptors (Lipinski definition) is 9. The Kier molecular flexibility index (Phi) is 9.38. The molecule has 0 aliphatic carbocycles. The maximum atomic E-state index is 13.1. The van der Waals surface area contributed by atoms with E-state index in [0.717, 1.165) is 7.11 Å². The van der Waals surface area contributed by atoms with E-state index in [2.05, 4.69) is 4.18 Å². The maximum Gasteiger partial charge on any atom is 0.523 e. The Morgan fingerprint density at radius 1 is 1.00 bits per heavy atom. The van der Waals surface area contributed by atoms with Gasteiger partial charge < -0.3 is 18.9 Å². The van der Waals surface area contributed by atoms with Crippen molar-refractivity contribution in [1.29, 1.82) is 0 Å². The van der Waals surface area contributed by atoms with Crippen molar-refractivity contribution in [2.24, 2.45) is 0 Å². The van der Waals surface area contributed by atoms with E-state index in [1.165, 1.54) is 0 Å². The van der Waals surface area contributed by atoms with Crippen LogP contribution in [0.2, 0.25) is 0 Å². The lowest BCUT2D eigenvalue weighted by Crippen LogP contribution is -2.47. The van der Waals surface area contributed by atoms with Crippen LogP contribution in [0.3, 0.4) is 0 Å². The SMILES string of the molecule is COC1O[C@H]([C@H](C[N+](=O)[O-])OCc2ccccc2)[C@H](OCc2ccccc2)[C@H]1OS(=O)(=O)C(F)(F)F. The van der Waals surface area contributed by atoms with E-state index < -0.39 is 57.8 Å². The van der Waals surface area contributed by atoms with Gasteiger partial charge in [0.05, 0.1) is 13.2 Å². The van der Waals surface area contributed by atoms with Crippen LogP contribution in [-0.2, 0) is 46.5 Å². The predicted molar refractivity (Wildman–Crippen MR) is 117 cm³/mol. The number of rotatable bonds is 12. The van der Waals surface area contributed by atoms with Gasteiger partial charge in [0.2, 0.25) is 6.54 Å². The molecule has 14 heteroatoms. The first-order chi connectivity index (χ1) is 17.0. The first-order valence-electron chi connectivity index (χ1n) is 10.6. The lowest BCUT2D eigenvalue weighted by atomic mass is 10.0. The molecule has 0 N–H and O–H groups in total. The van der Waals surface area contributed by atoms with Crippen molar-refractivity contribution in [2.75, 3.05) is 13.7 Å². The highest BCUT2D eigenvalue weighted by molar-refractivity contribution is 7.87. The molecule has 3 rings (SSSR count). The minimum Gasteiger partial charge on any atom is -0.368 e. The number of nitro groups is 1. The molecule has 1 fully saturated rings. The average molecular weight is 535 g/mol. The van der Waals surface area contributed by atoms with E-state index in [0.29, 0.717) is 11.1 Å². The van der Waals surface area contributed by atoms with Gasteiger partial charge in [-0.25, -0.2) is 0 Å². The van der Waals surface area contributed by atoms with E-state index in [4.69, 9.17) is 18.9 Å². The zero-order chi connectivity index (χ0) is 26.3. The molecule has 1 aliphatic heterocycles. The van der Waals surface area contributed by atoms with Crippen LogP contribution in [0.5, 0.6) is 0 Å². The van der Waals surface area contributed by atoms with Crippen LogP contribution in [0.1, 0.15) is 11.1 Å². The monoisotopic (exact) mass is 535 g/mol. The molecular weight excluding hydrogens is 511 g/mol. The maximum absolute atomic E-state index is 13.1. The first-order valence-corrected chi connectivity index (χ1v) is 12.0. The molecule has 1 saturated heterocycles. The Bertz CT molecular complexity index is 1090.